The second-order valence-electron chi connectivity index (χ2n) is 10.1. The molecule has 2 aromatic carbocycles. The number of fused-ring (bicyclic) bond motifs is 1. The Morgan fingerprint density at radius 1 is 1.11 bits per heavy atom. The van der Waals surface area contributed by atoms with Crippen LogP contribution in [0.2, 0.25) is 10.0 Å². The number of aryl methyl sites for hydroxylation is 1. The maximum absolute atomic E-state index is 13.2. The quantitative estimate of drug-likeness (QED) is 0.506. The van der Waals surface area contributed by atoms with Crippen molar-refractivity contribution in [3.63, 3.8) is 0 Å². The van der Waals surface area contributed by atoms with E-state index in [1.165, 1.54) is 22.5 Å². The molecule has 188 valence electrons. The summed E-state index contributed by atoms with van der Waals surface area (Å²) in [5, 5.41) is 10.1. The van der Waals surface area contributed by atoms with Crippen molar-refractivity contribution in [2.24, 2.45) is 11.8 Å². The number of hydrogen-bond acceptors (Lipinski definition) is 4. The van der Waals surface area contributed by atoms with Crippen molar-refractivity contribution >= 4 is 39.2 Å². The number of carbonyl (C=O) groups is 1. The second kappa shape index (κ2) is 9.25. The fourth-order valence-electron chi connectivity index (χ4n) is 5.61. The standard InChI is InChI=1S/C26H29Cl2NO5S/c1-16(25(30)31)24(18-3-4-18)19-5-2-17-8-9-26(34-22(17)14-19)10-12-29(13-11-26)35(32,33)23-7-6-20(27)15-21(23)28/h2,5-7,14-16,18,24H,3-4,8-13H2,1H3,(H,30,31)/t16-,24-/m0/s1. The highest BCUT2D eigenvalue weighted by molar-refractivity contribution is 7.89. The second-order valence-corrected chi connectivity index (χ2v) is 12.9. The summed E-state index contributed by atoms with van der Waals surface area (Å²) in [6.07, 6.45) is 4.97. The smallest absolute Gasteiger partial charge is 0.306 e. The Hall–Kier alpha value is -1.80. The van der Waals surface area contributed by atoms with Gasteiger partial charge in [-0.1, -0.05) is 42.3 Å². The lowest BCUT2D eigenvalue weighted by Gasteiger charge is -2.44. The van der Waals surface area contributed by atoms with E-state index in [9.17, 15) is 18.3 Å². The third kappa shape index (κ3) is 4.80. The van der Waals surface area contributed by atoms with Crippen LogP contribution in [0.4, 0.5) is 0 Å². The van der Waals surface area contributed by atoms with Crippen LogP contribution in [-0.4, -0.2) is 42.5 Å². The summed E-state index contributed by atoms with van der Waals surface area (Å²) >= 11 is 12.1. The van der Waals surface area contributed by atoms with E-state index in [4.69, 9.17) is 27.9 Å². The summed E-state index contributed by atoms with van der Waals surface area (Å²) in [5.74, 6) is -0.0214. The van der Waals surface area contributed by atoms with Gasteiger partial charge >= 0.3 is 5.97 Å². The maximum Gasteiger partial charge on any atom is 0.306 e. The highest BCUT2D eigenvalue weighted by atomic mass is 35.5. The first-order chi connectivity index (χ1) is 16.6. The molecule has 1 spiro atoms. The molecule has 0 unspecified atom stereocenters. The number of sulfonamides is 1. The van der Waals surface area contributed by atoms with Gasteiger partial charge < -0.3 is 9.84 Å². The predicted molar refractivity (Wildman–Crippen MR) is 135 cm³/mol. The number of nitrogens with zero attached hydrogens (tertiary/aromatic N) is 1. The van der Waals surface area contributed by atoms with Crippen molar-refractivity contribution < 1.29 is 23.1 Å². The van der Waals surface area contributed by atoms with Crippen LogP contribution in [0, 0.1) is 11.8 Å². The van der Waals surface area contributed by atoms with Gasteiger partial charge in [-0.2, -0.15) is 4.31 Å². The van der Waals surface area contributed by atoms with E-state index in [0.717, 1.165) is 42.6 Å². The Labute approximate surface area is 216 Å². The third-order valence-electron chi connectivity index (χ3n) is 7.86. The molecule has 2 fully saturated rings. The molecule has 5 rings (SSSR count). The zero-order valence-electron chi connectivity index (χ0n) is 19.5. The van der Waals surface area contributed by atoms with Gasteiger partial charge in [0.05, 0.1) is 10.9 Å². The van der Waals surface area contributed by atoms with Gasteiger partial charge in [-0.25, -0.2) is 8.42 Å². The molecule has 0 bridgehead atoms. The number of benzene rings is 2. The lowest BCUT2D eigenvalue weighted by Crippen LogP contribution is -2.51. The Balaban J connectivity index is 1.33. The molecule has 1 aliphatic carbocycles. The molecule has 1 N–H and O–H groups in total. The number of hydrogen-bond donors (Lipinski definition) is 1. The van der Waals surface area contributed by atoms with Crippen LogP contribution in [-0.2, 0) is 21.2 Å². The maximum atomic E-state index is 13.2. The molecule has 9 heteroatoms. The number of halogens is 2. The monoisotopic (exact) mass is 537 g/mol. The minimum atomic E-state index is -3.73. The number of carboxylic acids is 1. The van der Waals surface area contributed by atoms with E-state index in [0.29, 0.717) is 36.9 Å². The van der Waals surface area contributed by atoms with Gasteiger partial charge in [-0.15, -0.1) is 0 Å². The van der Waals surface area contributed by atoms with E-state index in [1.807, 2.05) is 6.07 Å². The van der Waals surface area contributed by atoms with Gasteiger partial charge in [0.25, 0.3) is 0 Å². The molecule has 2 aromatic rings. The van der Waals surface area contributed by atoms with Crippen molar-refractivity contribution in [1.82, 2.24) is 4.31 Å². The van der Waals surface area contributed by atoms with Crippen LogP contribution in [0.5, 0.6) is 5.75 Å². The van der Waals surface area contributed by atoms with Crippen LogP contribution in [0.3, 0.4) is 0 Å². The van der Waals surface area contributed by atoms with E-state index in [-0.39, 0.29) is 15.8 Å². The number of aliphatic carboxylic acids is 1. The normalized spacial score (nSPS) is 21.7. The van der Waals surface area contributed by atoms with Crippen molar-refractivity contribution in [2.75, 3.05) is 13.1 Å². The highest BCUT2D eigenvalue weighted by Crippen LogP contribution is 2.49. The Kier molecular flexibility index (Phi) is 6.58. The van der Waals surface area contributed by atoms with Gasteiger partial charge in [0.15, 0.2) is 0 Å². The van der Waals surface area contributed by atoms with Gasteiger partial charge in [0.1, 0.15) is 16.2 Å². The van der Waals surface area contributed by atoms with Crippen LogP contribution >= 0.6 is 23.2 Å². The largest absolute Gasteiger partial charge is 0.487 e. The molecule has 35 heavy (non-hydrogen) atoms. The minimum absolute atomic E-state index is 0.0182. The molecule has 0 aromatic heterocycles. The van der Waals surface area contributed by atoms with Crippen LogP contribution in [0.15, 0.2) is 41.3 Å². The van der Waals surface area contributed by atoms with E-state index >= 15 is 0 Å². The summed E-state index contributed by atoms with van der Waals surface area (Å²) in [4.78, 5) is 11.8. The molecule has 0 radical (unpaired) electrons. The molecule has 1 saturated carbocycles. The Morgan fingerprint density at radius 3 is 2.46 bits per heavy atom. The van der Waals surface area contributed by atoms with Crippen molar-refractivity contribution in [2.45, 2.75) is 61.9 Å². The zero-order valence-corrected chi connectivity index (χ0v) is 21.9. The summed E-state index contributed by atoms with van der Waals surface area (Å²) in [5.41, 5.74) is 1.73. The molecule has 2 heterocycles. The van der Waals surface area contributed by atoms with E-state index in [2.05, 4.69) is 12.1 Å². The van der Waals surface area contributed by atoms with Crippen LogP contribution < -0.4 is 4.74 Å². The molecule has 2 aliphatic heterocycles. The summed E-state index contributed by atoms with van der Waals surface area (Å²) in [6.45, 7) is 2.48. The minimum Gasteiger partial charge on any atom is -0.487 e. The topological polar surface area (TPSA) is 83.9 Å². The molecule has 1 saturated heterocycles. The predicted octanol–water partition coefficient (Wildman–Crippen LogP) is 5.76. The molecular formula is C26H29Cl2NO5S. The van der Waals surface area contributed by atoms with Gasteiger partial charge in [-0.3, -0.25) is 4.79 Å². The number of rotatable bonds is 6. The van der Waals surface area contributed by atoms with Crippen LogP contribution in [0.1, 0.15) is 56.1 Å². The van der Waals surface area contributed by atoms with Gasteiger partial charge in [-0.05, 0) is 72.9 Å². The summed E-state index contributed by atoms with van der Waals surface area (Å²) in [7, 11) is -3.73. The highest BCUT2D eigenvalue weighted by Gasteiger charge is 2.44. The van der Waals surface area contributed by atoms with Crippen molar-refractivity contribution in [3.05, 3.63) is 57.6 Å². The first-order valence-electron chi connectivity index (χ1n) is 12.1. The Bertz CT molecular complexity index is 1250. The molecule has 3 aliphatic rings. The average molecular weight is 538 g/mol. The fraction of sp³-hybridized carbons (Fsp3) is 0.500. The first kappa shape index (κ1) is 24.9. The number of piperidine rings is 1. The van der Waals surface area contributed by atoms with Crippen molar-refractivity contribution in [3.8, 4) is 5.75 Å². The SMILES string of the molecule is C[C@H](C(=O)O)[C@H](c1ccc2c(c1)OC1(CC2)CCN(S(=O)(=O)c2ccc(Cl)cc2Cl)CC1)C1CC1. The summed E-state index contributed by atoms with van der Waals surface area (Å²) in [6, 6.07) is 10.6. The van der Waals surface area contributed by atoms with E-state index < -0.39 is 27.5 Å². The van der Waals surface area contributed by atoms with Gasteiger partial charge in [0, 0.05) is 31.0 Å². The van der Waals surface area contributed by atoms with Crippen molar-refractivity contribution in [1.29, 1.82) is 0 Å². The van der Waals surface area contributed by atoms with E-state index in [1.54, 1.807) is 6.92 Å². The molecule has 0 amide bonds. The Morgan fingerprint density at radius 2 is 1.83 bits per heavy atom. The average Bonchev–Trinajstić information content (AvgIpc) is 3.64. The zero-order chi connectivity index (χ0) is 25.0. The number of ether oxygens (including phenoxy) is 1. The summed E-state index contributed by atoms with van der Waals surface area (Å²) < 4.78 is 34.5. The fourth-order valence-corrected chi connectivity index (χ4v) is 7.80. The van der Waals surface area contributed by atoms with Crippen LogP contribution in [0.25, 0.3) is 0 Å². The molecule has 2 atom stereocenters. The lowest BCUT2D eigenvalue weighted by molar-refractivity contribution is -0.142. The number of carboxylic acid groups (broad SMARTS) is 1. The molecule has 6 nitrogen and oxygen atoms in total. The first-order valence-corrected chi connectivity index (χ1v) is 14.3. The lowest BCUT2D eigenvalue weighted by atomic mass is 9.80. The van der Waals surface area contributed by atoms with Gasteiger partial charge in [0.2, 0.25) is 10.0 Å². The molecular weight excluding hydrogens is 509 g/mol. The third-order valence-corrected chi connectivity index (χ3v) is 10.5.